The highest BCUT2D eigenvalue weighted by Crippen LogP contribution is 2.27. The topological polar surface area (TPSA) is 67.9 Å². The van der Waals surface area contributed by atoms with E-state index < -0.39 is 11.6 Å². The molecule has 1 heterocycles. The summed E-state index contributed by atoms with van der Waals surface area (Å²) < 4.78 is 10.3. The zero-order valence-electron chi connectivity index (χ0n) is 16.4. The van der Waals surface area contributed by atoms with Crippen LogP contribution in [0.25, 0.3) is 0 Å². The summed E-state index contributed by atoms with van der Waals surface area (Å²) >= 11 is 5.99. The predicted octanol–water partition coefficient (Wildman–Crippen LogP) is 4.41. The van der Waals surface area contributed by atoms with E-state index in [0.29, 0.717) is 24.5 Å². The molecule has 0 saturated carbocycles. The Morgan fingerprint density at radius 2 is 1.83 bits per heavy atom. The Bertz CT molecular complexity index is 828. The SMILES string of the molecule is COC(=O)NC1(Cc2ccc(Cl)cc2)CCCN(C(=O)OCc2ccccc2)C1. The molecule has 2 amide bonds. The van der Waals surface area contributed by atoms with Crippen molar-refractivity contribution in [3.63, 3.8) is 0 Å². The number of likely N-dealkylation sites (tertiary alicyclic amines) is 1. The number of hydrogen-bond acceptors (Lipinski definition) is 4. The van der Waals surface area contributed by atoms with E-state index in [4.69, 9.17) is 21.1 Å². The van der Waals surface area contributed by atoms with Gasteiger partial charge in [-0.2, -0.15) is 0 Å². The second-order valence-electron chi connectivity index (χ2n) is 7.27. The van der Waals surface area contributed by atoms with E-state index in [2.05, 4.69) is 5.32 Å². The van der Waals surface area contributed by atoms with Crippen molar-refractivity contribution in [3.05, 3.63) is 70.7 Å². The van der Waals surface area contributed by atoms with Crippen LogP contribution in [-0.2, 0) is 22.5 Å². The number of alkyl carbamates (subject to hydrolysis) is 1. The first-order valence-electron chi connectivity index (χ1n) is 9.56. The van der Waals surface area contributed by atoms with Crippen LogP contribution in [0, 0.1) is 0 Å². The summed E-state index contributed by atoms with van der Waals surface area (Å²) in [6.07, 6.45) is 1.13. The molecule has 1 atom stereocenters. The Labute approximate surface area is 175 Å². The number of nitrogens with zero attached hydrogens (tertiary/aromatic N) is 1. The van der Waals surface area contributed by atoms with Crippen LogP contribution in [0.2, 0.25) is 5.02 Å². The summed E-state index contributed by atoms with van der Waals surface area (Å²) in [5.74, 6) is 0. The first-order valence-corrected chi connectivity index (χ1v) is 9.94. The third-order valence-corrected chi connectivity index (χ3v) is 5.30. The number of nitrogens with one attached hydrogen (secondary N) is 1. The minimum Gasteiger partial charge on any atom is -0.453 e. The lowest BCUT2D eigenvalue weighted by Crippen LogP contribution is -2.61. The van der Waals surface area contributed by atoms with Crippen LogP contribution in [0.3, 0.4) is 0 Å². The number of carbonyl (C=O) groups is 2. The minimum atomic E-state index is -0.634. The lowest BCUT2D eigenvalue weighted by molar-refractivity contribution is 0.0629. The first-order chi connectivity index (χ1) is 14.0. The average molecular weight is 417 g/mol. The normalized spacial score (nSPS) is 18.8. The maximum Gasteiger partial charge on any atom is 0.410 e. The van der Waals surface area contributed by atoms with Gasteiger partial charge in [0, 0.05) is 18.1 Å². The van der Waals surface area contributed by atoms with Crippen molar-refractivity contribution in [3.8, 4) is 0 Å². The van der Waals surface area contributed by atoms with Crippen molar-refractivity contribution in [1.29, 1.82) is 0 Å². The second-order valence-corrected chi connectivity index (χ2v) is 7.70. The molecule has 1 aliphatic heterocycles. The quantitative estimate of drug-likeness (QED) is 0.783. The Kier molecular flexibility index (Phi) is 6.99. The first kappa shape index (κ1) is 21.0. The van der Waals surface area contributed by atoms with Gasteiger partial charge in [-0.15, -0.1) is 0 Å². The summed E-state index contributed by atoms with van der Waals surface area (Å²) in [5, 5.41) is 3.61. The number of amides is 2. The van der Waals surface area contributed by atoms with E-state index in [1.54, 1.807) is 4.90 Å². The Balaban J connectivity index is 1.71. The zero-order valence-corrected chi connectivity index (χ0v) is 17.2. The monoisotopic (exact) mass is 416 g/mol. The molecule has 1 N–H and O–H groups in total. The highest BCUT2D eigenvalue weighted by atomic mass is 35.5. The van der Waals surface area contributed by atoms with Gasteiger partial charge in [-0.3, -0.25) is 0 Å². The summed E-state index contributed by atoms with van der Waals surface area (Å²) in [7, 11) is 1.33. The van der Waals surface area contributed by atoms with Crippen LogP contribution in [0.15, 0.2) is 54.6 Å². The third kappa shape index (κ3) is 5.87. The fraction of sp³-hybridized carbons (Fsp3) is 0.364. The molecule has 7 heteroatoms. The van der Waals surface area contributed by atoms with Gasteiger partial charge in [-0.25, -0.2) is 9.59 Å². The van der Waals surface area contributed by atoms with Crippen molar-refractivity contribution in [1.82, 2.24) is 10.2 Å². The molecular formula is C22H25ClN2O4. The van der Waals surface area contributed by atoms with Crippen LogP contribution in [0.1, 0.15) is 24.0 Å². The van der Waals surface area contributed by atoms with Gasteiger partial charge in [0.2, 0.25) is 0 Å². The Hall–Kier alpha value is -2.73. The molecule has 0 spiro atoms. The van der Waals surface area contributed by atoms with Crippen molar-refractivity contribution in [2.75, 3.05) is 20.2 Å². The molecule has 2 aromatic rings. The Morgan fingerprint density at radius 3 is 2.52 bits per heavy atom. The molecule has 0 radical (unpaired) electrons. The van der Waals surface area contributed by atoms with E-state index in [0.717, 1.165) is 24.0 Å². The van der Waals surface area contributed by atoms with Gasteiger partial charge in [-0.1, -0.05) is 54.1 Å². The predicted molar refractivity (Wildman–Crippen MR) is 111 cm³/mol. The van der Waals surface area contributed by atoms with Crippen LogP contribution in [0.4, 0.5) is 9.59 Å². The maximum absolute atomic E-state index is 12.7. The van der Waals surface area contributed by atoms with E-state index >= 15 is 0 Å². The zero-order chi connectivity index (χ0) is 20.7. The van der Waals surface area contributed by atoms with Gasteiger partial charge in [-0.05, 0) is 42.5 Å². The van der Waals surface area contributed by atoms with E-state index in [9.17, 15) is 9.59 Å². The molecular weight excluding hydrogens is 392 g/mol. The number of halogens is 1. The number of piperidine rings is 1. The fourth-order valence-corrected chi connectivity index (χ4v) is 3.78. The number of carbonyl (C=O) groups excluding carboxylic acids is 2. The van der Waals surface area contributed by atoms with Crippen LogP contribution in [-0.4, -0.2) is 42.8 Å². The van der Waals surface area contributed by atoms with E-state index in [1.807, 2.05) is 54.6 Å². The molecule has 0 aromatic heterocycles. The number of ether oxygens (including phenoxy) is 2. The highest BCUT2D eigenvalue weighted by Gasteiger charge is 2.39. The van der Waals surface area contributed by atoms with Gasteiger partial charge in [0.05, 0.1) is 12.6 Å². The van der Waals surface area contributed by atoms with Gasteiger partial charge in [0.25, 0.3) is 0 Å². The van der Waals surface area contributed by atoms with Crippen LogP contribution < -0.4 is 5.32 Å². The van der Waals surface area contributed by atoms with E-state index in [-0.39, 0.29) is 12.7 Å². The lowest BCUT2D eigenvalue weighted by atomic mass is 9.83. The van der Waals surface area contributed by atoms with Gasteiger partial charge in [0.15, 0.2) is 0 Å². The molecule has 29 heavy (non-hydrogen) atoms. The van der Waals surface area contributed by atoms with Gasteiger partial charge in [0.1, 0.15) is 6.61 Å². The Morgan fingerprint density at radius 1 is 1.10 bits per heavy atom. The van der Waals surface area contributed by atoms with E-state index in [1.165, 1.54) is 7.11 Å². The molecule has 3 rings (SSSR count). The largest absolute Gasteiger partial charge is 0.453 e. The summed E-state index contributed by atoms with van der Waals surface area (Å²) in [5.41, 5.74) is 1.31. The second kappa shape index (κ2) is 9.65. The van der Waals surface area contributed by atoms with Crippen molar-refractivity contribution >= 4 is 23.8 Å². The smallest absolute Gasteiger partial charge is 0.410 e. The minimum absolute atomic E-state index is 0.213. The van der Waals surface area contributed by atoms with Crippen molar-refractivity contribution in [2.45, 2.75) is 31.4 Å². The highest BCUT2D eigenvalue weighted by molar-refractivity contribution is 6.30. The van der Waals surface area contributed by atoms with Crippen LogP contribution in [0.5, 0.6) is 0 Å². The lowest BCUT2D eigenvalue weighted by Gasteiger charge is -2.42. The van der Waals surface area contributed by atoms with Crippen molar-refractivity contribution in [2.24, 2.45) is 0 Å². The molecule has 0 bridgehead atoms. The van der Waals surface area contributed by atoms with Crippen LogP contribution >= 0.6 is 11.6 Å². The standard InChI is InChI=1S/C22H25ClN2O4/c1-28-20(26)24-22(14-17-8-10-19(23)11-9-17)12-5-13-25(16-22)21(27)29-15-18-6-3-2-4-7-18/h2-4,6-11H,5,12-16H2,1H3,(H,24,26). The number of methoxy groups -OCH3 is 1. The maximum atomic E-state index is 12.7. The number of benzene rings is 2. The molecule has 2 aromatic carbocycles. The molecule has 1 aliphatic rings. The molecule has 1 unspecified atom stereocenters. The average Bonchev–Trinajstić information content (AvgIpc) is 2.74. The molecule has 1 fully saturated rings. The van der Waals surface area contributed by atoms with Crippen molar-refractivity contribution < 1.29 is 19.1 Å². The number of rotatable bonds is 5. The molecule has 6 nitrogen and oxygen atoms in total. The van der Waals surface area contributed by atoms with Gasteiger partial charge < -0.3 is 19.7 Å². The third-order valence-electron chi connectivity index (χ3n) is 5.05. The summed E-state index contributed by atoms with van der Waals surface area (Å²) in [6.45, 7) is 1.14. The summed E-state index contributed by atoms with van der Waals surface area (Å²) in [4.78, 5) is 26.3. The van der Waals surface area contributed by atoms with Gasteiger partial charge >= 0.3 is 12.2 Å². The summed E-state index contributed by atoms with van der Waals surface area (Å²) in [6, 6.07) is 17.0. The molecule has 0 aliphatic carbocycles. The molecule has 1 saturated heterocycles. The fourth-order valence-electron chi connectivity index (χ4n) is 3.65. The number of hydrogen-bond donors (Lipinski definition) is 1. The molecule has 154 valence electrons.